The summed E-state index contributed by atoms with van der Waals surface area (Å²) in [7, 11) is 4.93. The Balaban J connectivity index is 0.00000156. The fourth-order valence-electron chi connectivity index (χ4n) is 4.93. The molecule has 2 saturated heterocycles. The maximum absolute atomic E-state index is 2.47. The molecule has 4 heterocycles. The lowest BCUT2D eigenvalue weighted by Gasteiger charge is -2.45. The van der Waals surface area contributed by atoms with Gasteiger partial charge in [0.25, 0.3) is 0 Å². The third-order valence-corrected chi connectivity index (χ3v) is 7.79. The summed E-state index contributed by atoms with van der Waals surface area (Å²) in [6.07, 6.45) is 7.13. The molecule has 2 unspecified atom stereocenters. The highest BCUT2D eigenvalue weighted by atomic mass is 127. The molecular formula is C19H26INS2. The van der Waals surface area contributed by atoms with Gasteiger partial charge < -0.3 is 28.5 Å². The van der Waals surface area contributed by atoms with Gasteiger partial charge in [0.15, 0.2) is 0 Å². The van der Waals surface area contributed by atoms with Crippen LogP contribution in [0, 0.1) is 5.92 Å². The fraction of sp³-hybridized carbons (Fsp3) is 0.579. The molecular weight excluding hydrogens is 433 g/mol. The van der Waals surface area contributed by atoms with Crippen molar-refractivity contribution in [1.29, 1.82) is 0 Å². The molecule has 2 bridgehead atoms. The summed E-state index contributed by atoms with van der Waals surface area (Å²) in [6, 6.07) is 6.50. The number of piperidine rings is 1. The molecule has 4 heteroatoms. The highest BCUT2D eigenvalue weighted by Gasteiger charge is 2.48. The van der Waals surface area contributed by atoms with Crippen LogP contribution in [0.15, 0.2) is 33.7 Å². The van der Waals surface area contributed by atoms with Crippen LogP contribution in [0.3, 0.4) is 0 Å². The third kappa shape index (κ3) is 3.42. The lowest BCUT2D eigenvalue weighted by Crippen LogP contribution is -3.00. The Morgan fingerprint density at radius 2 is 1.52 bits per heavy atom. The SMILES string of the molecule is C[N+]1(C)C2CCC1CC(CC(c1ccsc1)c1ccsc1)C2.[I-]. The minimum Gasteiger partial charge on any atom is -1.00 e. The van der Waals surface area contributed by atoms with Gasteiger partial charge in [-0.25, -0.2) is 0 Å². The average Bonchev–Trinajstić information content (AvgIpc) is 3.19. The monoisotopic (exact) mass is 459 g/mol. The molecule has 2 aliphatic heterocycles. The van der Waals surface area contributed by atoms with E-state index in [1.54, 1.807) is 0 Å². The second-order valence-corrected chi connectivity index (χ2v) is 9.31. The number of hydrogen-bond acceptors (Lipinski definition) is 2. The summed E-state index contributed by atoms with van der Waals surface area (Å²) in [5, 5.41) is 9.19. The van der Waals surface area contributed by atoms with Crippen molar-refractivity contribution in [3.05, 3.63) is 44.8 Å². The minimum absolute atomic E-state index is 0. The molecule has 0 aromatic carbocycles. The first-order valence-corrected chi connectivity index (χ1v) is 10.4. The molecule has 2 aromatic heterocycles. The summed E-state index contributed by atoms with van der Waals surface area (Å²) < 4.78 is 1.29. The predicted octanol–water partition coefficient (Wildman–Crippen LogP) is 2.35. The van der Waals surface area contributed by atoms with Crippen molar-refractivity contribution < 1.29 is 28.5 Å². The highest BCUT2D eigenvalue weighted by Crippen LogP contribution is 2.46. The maximum Gasteiger partial charge on any atom is 0.0893 e. The van der Waals surface area contributed by atoms with Crippen LogP contribution in [0.5, 0.6) is 0 Å². The van der Waals surface area contributed by atoms with Crippen LogP contribution in [0.25, 0.3) is 0 Å². The van der Waals surface area contributed by atoms with E-state index in [4.69, 9.17) is 0 Å². The van der Waals surface area contributed by atoms with Crippen LogP contribution in [0.4, 0.5) is 0 Å². The maximum atomic E-state index is 2.47. The zero-order chi connectivity index (χ0) is 15.2. The van der Waals surface area contributed by atoms with Crippen LogP contribution in [-0.2, 0) is 0 Å². The number of nitrogens with zero attached hydrogens (tertiary/aromatic N) is 1. The van der Waals surface area contributed by atoms with Gasteiger partial charge in [0.1, 0.15) is 0 Å². The quantitative estimate of drug-likeness (QED) is 0.487. The van der Waals surface area contributed by atoms with Crippen molar-refractivity contribution in [3.63, 3.8) is 0 Å². The average molecular weight is 459 g/mol. The number of quaternary nitrogens is 1. The Morgan fingerprint density at radius 1 is 1.00 bits per heavy atom. The van der Waals surface area contributed by atoms with Crippen molar-refractivity contribution in [3.8, 4) is 0 Å². The van der Waals surface area contributed by atoms with E-state index in [-0.39, 0.29) is 24.0 Å². The molecule has 0 amide bonds. The Bertz CT molecular complexity index is 555. The Morgan fingerprint density at radius 3 is 1.96 bits per heavy atom. The summed E-state index contributed by atoms with van der Waals surface area (Å²) in [5.74, 6) is 1.53. The Labute approximate surface area is 165 Å². The molecule has 0 aliphatic carbocycles. The topological polar surface area (TPSA) is 0 Å². The standard InChI is InChI=1S/C19H26NS2.HI/c1-20(2)17-3-4-18(20)10-14(9-17)11-19(15-5-7-21-12-15)16-6-8-22-13-16;/h5-8,12-14,17-19H,3-4,9-11H2,1-2H3;1H/q+1;/p-1. The van der Waals surface area contributed by atoms with Crippen LogP contribution in [0.2, 0.25) is 0 Å². The van der Waals surface area contributed by atoms with Gasteiger partial charge in [0.05, 0.1) is 26.2 Å². The summed E-state index contributed by atoms with van der Waals surface area (Å²) in [4.78, 5) is 0. The van der Waals surface area contributed by atoms with Crippen molar-refractivity contribution in [2.24, 2.45) is 5.92 Å². The van der Waals surface area contributed by atoms with Gasteiger partial charge in [0.2, 0.25) is 0 Å². The van der Waals surface area contributed by atoms with Gasteiger partial charge in [-0.05, 0) is 57.1 Å². The lowest BCUT2D eigenvalue weighted by molar-refractivity contribution is -0.931. The summed E-state index contributed by atoms with van der Waals surface area (Å²) in [5.41, 5.74) is 3.07. The van der Waals surface area contributed by atoms with Gasteiger partial charge in [0, 0.05) is 31.6 Å². The second-order valence-electron chi connectivity index (χ2n) is 7.75. The number of fused-ring (bicyclic) bond motifs is 2. The van der Waals surface area contributed by atoms with Gasteiger partial charge in [-0.15, -0.1) is 0 Å². The predicted molar refractivity (Wildman–Crippen MR) is 96.7 cm³/mol. The van der Waals surface area contributed by atoms with Gasteiger partial charge in [-0.3, -0.25) is 0 Å². The van der Waals surface area contributed by atoms with Crippen LogP contribution in [-0.4, -0.2) is 30.7 Å². The fourth-order valence-corrected chi connectivity index (χ4v) is 6.36. The number of thiophene rings is 2. The molecule has 0 radical (unpaired) electrons. The molecule has 23 heavy (non-hydrogen) atoms. The first-order valence-electron chi connectivity index (χ1n) is 8.52. The van der Waals surface area contributed by atoms with Crippen LogP contribution >= 0.6 is 22.7 Å². The van der Waals surface area contributed by atoms with E-state index < -0.39 is 0 Å². The molecule has 0 saturated carbocycles. The van der Waals surface area contributed by atoms with Gasteiger partial charge >= 0.3 is 0 Å². The molecule has 0 spiro atoms. The zero-order valence-electron chi connectivity index (χ0n) is 14.0. The molecule has 2 aromatic rings. The van der Waals surface area contributed by atoms with E-state index in [1.807, 2.05) is 22.7 Å². The number of halogens is 1. The van der Waals surface area contributed by atoms with Crippen molar-refractivity contribution in [2.45, 2.75) is 50.1 Å². The second kappa shape index (κ2) is 7.14. The first-order chi connectivity index (χ1) is 10.6. The molecule has 2 aliphatic rings. The lowest BCUT2D eigenvalue weighted by atomic mass is 9.79. The molecule has 0 N–H and O–H groups in total. The van der Waals surface area contributed by atoms with E-state index in [2.05, 4.69) is 47.7 Å². The molecule has 2 fully saturated rings. The minimum atomic E-state index is 0. The van der Waals surface area contributed by atoms with Gasteiger partial charge in [-0.2, -0.15) is 22.7 Å². The number of rotatable bonds is 4. The van der Waals surface area contributed by atoms with Gasteiger partial charge in [-0.1, -0.05) is 0 Å². The van der Waals surface area contributed by atoms with Crippen LogP contribution in [0.1, 0.15) is 49.1 Å². The molecule has 126 valence electrons. The molecule has 2 atom stereocenters. The largest absolute Gasteiger partial charge is 1.00 e. The number of hydrogen-bond donors (Lipinski definition) is 0. The van der Waals surface area contributed by atoms with E-state index in [1.165, 1.54) is 47.7 Å². The van der Waals surface area contributed by atoms with E-state index in [0.29, 0.717) is 5.92 Å². The molecule has 4 rings (SSSR count). The van der Waals surface area contributed by atoms with Crippen molar-refractivity contribution in [2.75, 3.05) is 14.1 Å². The zero-order valence-corrected chi connectivity index (χ0v) is 17.7. The van der Waals surface area contributed by atoms with E-state index in [0.717, 1.165) is 18.0 Å². The Kier molecular flexibility index (Phi) is 5.56. The third-order valence-electron chi connectivity index (χ3n) is 6.39. The van der Waals surface area contributed by atoms with Crippen molar-refractivity contribution >= 4 is 22.7 Å². The van der Waals surface area contributed by atoms with E-state index >= 15 is 0 Å². The smallest absolute Gasteiger partial charge is 0.0893 e. The van der Waals surface area contributed by atoms with Crippen LogP contribution < -0.4 is 24.0 Å². The van der Waals surface area contributed by atoms with E-state index in [9.17, 15) is 0 Å². The molecule has 1 nitrogen and oxygen atoms in total. The summed E-state index contributed by atoms with van der Waals surface area (Å²) >= 11 is 3.68. The normalized spacial score (nSPS) is 28.7. The van der Waals surface area contributed by atoms with Crippen molar-refractivity contribution in [1.82, 2.24) is 0 Å². The first kappa shape index (κ1) is 17.9. The highest BCUT2D eigenvalue weighted by molar-refractivity contribution is 7.08. The summed E-state index contributed by atoms with van der Waals surface area (Å²) in [6.45, 7) is 0. The Hall–Kier alpha value is 0.0900.